The molecule has 0 bridgehead atoms. The normalized spacial score (nSPS) is 12.2. The van der Waals surface area contributed by atoms with Gasteiger partial charge in [-0.05, 0) is 24.6 Å². The second-order valence-corrected chi connectivity index (χ2v) is 6.70. The van der Waals surface area contributed by atoms with E-state index in [1.54, 1.807) is 13.2 Å². The Bertz CT molecular complexity index is 799. The largest absolute Gasteiger partial charge is 0.467 e. The molecule has 24 heavy (non-hydrogen) atoms. The quantitative estimate of drug-likeness (QED) is 0.667. The van der Waals surface area contributed by atoms with Crippen molar-refractivity contribution in [3.8, 4) is 0 Å². The number of hydrogen-bond donors (Lipinski definition) is 1. The van der Waals surface area contributed by atoms with Crippen LogP contribution in [0.15, 0.2) is 58.3 Å². The summed E-state index contributed by atoms with van der Waals surface area (Å²) in [4.78, 5) is 11.4. The van der Waals surface area contributed by atoms with E-state index in [2.05, 4.69) is 10.2 Å². The van der Waals surface area contributed by atoms with Gasteiger partial charge in [0.2, 0.25) is 5.91 Å². The van der Waals surface area contributed by atoms with Gasteiger partial charge in [-0.1, -0.05) is 42.1 Å². The van der Waals surface area contributed by atoms with Gasteiger partial charge >= 0.3 is 0 Å². The highest BCUT2D eigenvalue weighted by molar-refractivity contribution is 8.00. The number of furan rings is 1. The number of benzene rings is 1. The van der Waals surface area contributed by atoms with Crippen molar-refractivity contribution in [2.24, 2.45) is 5.73 Å². The van der Waals surface area contributed by atoms with Crippen LogP contribution in [0, 0.1) is 0 Å². The van der Waals surface area contributed by atoms with E-state index in [4.69, 9.17) is 10.2 Å². The molecule has 1 atom stereocenters. The highest BCUT2D eigenvalue weighted by Crippen LogP contribution is 2.24. The average molecular weight is 342 g/mol. The van der Waals surface area contributed by atoms with Gasteiger partial charge in [-0.15, -0.1) is 10.2 Å². The second-order valence-electron chi connectivity index (χ2n) is 5.39. The molecule has 3 rings (SSSR count). The highest BCUT2D eigenvalue weighted by atomic mass is 32.2. The number of carbonyl (C=O) groups excluding carboxylic acids is 1. The van der Waals surface area contributed by atoms with Gasteiger partial charge in [-0.3, -0.25) is 9.36 Å². The Hall–Kier alpha value is -2.54. The Kier molecular flexibility index (Phi) is 5.00. The van der Waals surface area contributed by atoms with Gasteiger partial charge in [0.05, 0.1) is 18.1 Å². The summed E-state index contributed by atoms with van der Waals surface area (Å²) in [6.07, 6.45) is 2.29. The number of nitrogens with zero attached hydrogens (tertiary/aromatic N) is 3. The molecule has 0 aliphatic heterocycles. The number of primary amides is 1. The Morgan fingerprint density at radius 3 is 2.71 bits per heavy atom. The molecule has 124 valence electrons. The van der Waals surface area contributed by atoms with Crippen LogP contribution in [-0.4, -0.2) is 25.9 Å². The van der Waals surface area contributed by atoms with E-state index in [0.717, 1.165) is 17.1 Å². The van der Waals surface area contributed by atoms with Crippen LogP contribution in [0.25, 0.3) is 0 Å². The summed E-state index contributed by atoms with van der Waals surface area (Å²) in [6.45, 7) is 2.27. The van der Waals surface area contributed by atoms with E-state index in [1.165, 1.54) is 11.8 Å². The van der Waals surface area contributed by atoms with Gasteiger partial charge in [-0.2, -0.15) is 0 Å². The van der Waals surface area contributed by atoms with Crippen molar-refractivity contribution in [1.82, 2.24) is 14.8 Å². The summed E-state index contributed by atoms with van der Waals surface area (Å²) < 4.78 is 7.41. The topological polar surface area (TPSA) is 86.9 Å². The van der Waals surface area contributed by atoms with Crippen molar-refractivity contribution in [2.75, 3.05) is 0 Å². The molecule has 2 N–H and O–H groups in total. The van der Waals surface area contributed by atoms with E-state index in [0.29, 0.717) is 18.1 Å². The molecular formula is C17H18N4O2S. The standard InChI is InChI=1S/C17H18N4O2S/c1-12(16(18)22)24-17-20-19-15(10-13-6-3-2-4-7-13)21(17)11-14-8-5-9-23-14/h2-9,12H,10-11H2,1H3,(H2,18,22)/t12-/m1/s1. The maximum Gasteiger partial charge on any atom is 0.230 e. The van der Waals surface area contributed by atoms with Crippen molar-refractivity contribution in [3.05, 3.63) is 65.9 Å². The Morgan fingerprint density at radius 2 is 2.04 bits per heavy atom. The second kappa shape index (κ2) is 7.35. The first-order valence-electron chi connectivity index (χ1n) is 7.58. The first-order chi connectivity index (χ1) is 11.6. The van der Waals surface area contributed by atoms with E-state index >= 15 is 0 Å². The fraction of sp³-hybridized carbons (Fsp3) is 0.235. The molecule has 0 radical (unpaired) electrons. The van der Waals surface area contributed by atoms with Crippen molar-refractivity contribution in [3.63, 3.8) is 0 Å². The van der Waals surface area contributed by atoms with Crippen LogP contribution < -0.4 is 5.73 Å². The predicted octanol–water partition coefficient (Wildman–Crippen LogP) is 2.48. The zero-order valence-electron chi connectivity index (χ0n) is 13.3. The van der Waals surface area contributed by atoms with Gasteiger partial charge in [-0.25, -0.2) is 0 Å². The van der Waals surface area contributed by atoms with Crippen LogP contribution in [0.5, 0.6) is 0 Å². The molecular weight excluding hydrogens is 324 g/mol. The molecule has 0 saturated heterocycles. The fourth-order valence-corrected chi connectivity index (χ4v) is 3.07. The third-order valence-corrected chi connectivity index (χ3v) is 4.67. The Balaban J connectivity index is 1.89. The number of carbonyl (C=O) groups is 1. The van der Waals surface area contributed by atoms with Crippen LogP contribution in [0.3, 0.4) is 0 Å². The lowest BCUT2D eigenvalue weighted by atomic mass is 10.1. The summed E-state index contributed by atoms with van der Waals surface area (Å²) >= 11 is 1.30. The molecule has 0 unspecified atom stereocenters. The molecule has 6 nitrogen and oxygen atoms in total. The van der Waals surface area contributed by atoms with Crippen molar-refractivity contribution < 1.29 is 9.21 Å². The Labute approximate surface area is 144 Å². The summed E-state index contributed by atoms with van der Waals surface area (Å²) in [5.41, 5.74) is 6.51. The van der Waals surface area contributed by atoms with Crippen LogP contribution >= 0.6 is 11.8 Å². The highest BCUT2D eigenvalue weighted by Gasteiger charge is 2.19. The lowest BCUT2D eigenvalue weighted by molar-refractivity contribution is -0.117. The molecule has 2 aromatic heterocycles. The van der Waals surface area contributed by atoms with E-state index in [1.807, 2.05) is 47.0 Å². The molecule has 3 aromatic rings. The third-order valence-electron chi connectivity index (χ3n) is 3.58. The molecule has 0 fully saturated rings. The lowest BCUT2D eigenvalue weighted by Crippen LogP contribution is -2.23. The van der Waals surface area contributed by atoms with Crippen LogP contribution in [0.2, 0.25) is 0 Å². The first-order valence-corrected chi connectivity index (χ1v) is 8.46. The molecule has 2 heterocycles. The van der Waals surface area contributed by atoms with E-state index < -0.39 is 0 Å². The summed E-state index contributed by atoms with van der Waals surface area (Å²) in [6, 6.07) is 13.8. The molecule has 0 aliphatic rings. The first kappa shape index (κ1) is 16.3. The monoisotopic (exact) mass is 342 g/mol. The average Bonchev–Trinajstić information content (AvgIpc) is 3.21. The summed E-state index contributed by atoms with van der Waals surface area (Å²) in [7, 11) is 0. The SMILES string of the molecule is C[C@@H](Sc1nnc(Cc2ccccc2)n1Cc1ccco1)C(N)=O. The number of aromatic nitrogens is 3. The lowest BCUT2D eigenvalue weighted by Gasteiger charge is -2.10. The van der Waals surface area contributed by atoms with Gasteiger partial charge in [0.25, 0.3) is 0 Å². The van der Waals surface area contributed by atoms with Crippen molar-refractivity contribution in [2.45, 2.75) is 30.3 Å². The smallest absolute Gasteiger partial charge is 0.230 e. The molecule has 1 aromatic carbocycles. The van der Waals surface area contributed by atoms with Crippen molar-refractivity contribution in [1.29, 1.82) is 0 Å². The zero-order chi connectivity index (χ0) is 16.9. The number of thioether (sulfide) groups is 1. The number of hydrogen-bond acceptors (Lipinski definition) is 5. The van der Waals surface area contributed by atoms with Crippen LogP contribution in [0.1, 0.15) is 24.1 Å². The van der Waals surface area contributed by atoms with Gasteiger partial charge < -0.3 is 10.2 Å². The van der Waals surface area contributed by atoms with Gasteiger partial charge in [0.1, 0.15) is 11.6 Å². The number of amides is 1. The minimum atomic E-state index is -0.380. The summed E-state index contributed by atoms with van der Waals surface area (Å²) in [5, 5.41) is 8.82. The van der Waals surface area contributed by atoms with Gasteiger partial charge in [0.15, 0.2) is 5.16 Å². The third kappa shape index (κ3) is 3.86. The minimum absolute atomic E-state index is 0.378. The van der Waals surface area contributed by atoms with Gasteiger partial charge in [0, 0.05) is 6.42 Å². The molecule has 0 spiro atoms. The molecule has 7 heteroatoms. The fourth-order valence-electron chi connectivity index (χ4n) is 2.25. The zero-order valence-corrected chi connectivity index (χ0v) is 14.1. The van der Waals surface area contributed by atoms with E-state index in [9.17, 15) is 4.79 Å². The molecule has 0 aliphatic carbocycles. The minimum Gasteiger partial charge on any atom is -0.467 e. The maximum atomic E-state index is 11.4. The maximum absolute atomic E-state index is 11.4. The Morgan fingerprint density at radius 1 is 1.25 bits per heavy atom. The molecule has 0 saturated carbocycles. The predicted molar refractivity (Wildman–Crippen MR) is 91.6 cm³/mol. The van der Waals surface area contributed by atoms with Crippen LogP contribution in [0.4, 0.5) is 0 Å². The number of nitrogens with two attached hydrogens (primary N) is 1. The van der Waals surface area contributed by atoms with E-state index in [-0.39, 0.29) is 11.2 Å². The number of rotatable bonds is 7. The summed E-state index contributed by atoms with van der Waals surface area (Å²) in [5.74, 6) is 1.24. The van der Waals surface area contributed by atoms with Crippen molar-refractivity contribution >= 4 is 17.7 Å². The van der Waals surface area contributed by atoms with Crippen LogP contribution in [-0.2, 0) is 17.8 Å². The molecule has 1 amide bonds.